The fourth-order valence-electron chi connectivity index (χ4n) is 0.451. The highest BCUT2D eigenvalue weighted by molar-refractivity contribution is 7.09. The molecule has 0 radical (unpaired) electrons. The molecular formula is C5H8N2S. The van der Waals surface area contributed by atoms with E-state index in [1.165, 1.54) is 0 Å². The SMILES string of the molecule is C[C@H](N)c1cncs1. The van der Waals surface area contributed by atoms with Gasteiger partial charge in [0.05, 0.1) is 5.51 Å². The van der Waals surface area contributed by atoms with Gasteiger partial charge >= 0.3 is 0 Å². The van der Waals surface area contributed by atoms with E-state index in [0.29, 0.717) is 0 Å². The summed E-state index contributed by atoms with van der Waals surface area (Å²) < 4.78 is 0. The highest BCUT2D eigenvalue weighted by Crippen LogP contribution is 2.12. The summed E-state index contributed by atoms with van der Waals surface area (Å²) in [5.74, 6) is 0. The topological polar surface area (TPSA) is 38.9 Å². The fourth-order valence-corrected chi connectivity index (χ4v) is 1.03. The first-order valence-electron chi connectivity index (χ1n) is 2.44. The van der Waals surface area contributed by atoms with Crippen molar-refractivity contribution in [2.45, 2.75) is 13.0 Å². The van der Waals surface area contributed by atoms with Gasteiger partial charge in [0.1, 0.15) is 0 Å². The van der Waals surface area contributed by atoms with E-state index in [2.05, 4.69) is 4.98 Å². The number of hydrogen-bond acceptors (Lipinski definition) is 3. The van der Waals surface area contributed by atoms with Crippen LogP contribution in [0.4, 0.5) is 0 Å². The first kappa shape index (κ1) is 5.72. The maximum absolute atomic E-state index is 5.53. The summed E-state index contributed by atoms with van der Waals surface area (Å²) in [7, 11) is 0. The zero-order valence-corrected chi connectivity index (χ0v) is 5.48. The van der Waals surface area contributed by atoms with Crippen LogP contribution in [0.15, 0.2) is 11.7 Å². The monoisotopic (exact) mass is 128 g/mol. The van der Waals surface area contributed by atoms with E-state index in [0.717, 1.165) is 4.88 Å². The normalized spacial score (nSPS) is 13.8. The van der Waals surface area contributed by atoms with Gasteiger partial charge in [-0.1, -0.05) is 0 Å². The second-order valence-electron chi connectivity index (χ2n) is 1.69. The molecule has 0 aliphatic carbocycles. The number of rotatable bonds is 1. The van der Waals surface area contributed by atoms with Crippen molar-refractivity contribution in [3.05, 3.63) is 16.6 Å². The molecule has 0 fully saturated rings. The largest absolute Gasteiger partial charge is 0.323 e. The van der Waals surface area contributed by atoms with Gasteiger partial charge in [-0.15, -0.1) is 11.3 Å². The van der Waals surface area contributed by atoms with Gasteiger partial charge < -0.3 is 5.73 Å². The molecule has 1 heterocycles. The van der Waals surface area contributed by atoms with Crippen LogP contribution in [0.5, 0.6) is 0 Å². The van der Waals surface area contributed by atoms with E-state index in [-0.39, 0.29) is 6.04 Å². The maximum atomic E-state index is 5.53. The van der Waals surface area contributed by atoms with Crippen LogP contribution < -0.4 is 5.73 Å². The molecule has 2 nitrogen and oxygen atoms in total. The Labute approximate surface area is 52.4 Å². The standard InChI is InChI=1S/C5H8N2S/c1-4(6)5-2-7-3-8-5/h2-4H,6H2,1H3/t4-/m0/s1. The highest BCUT2D eigenvalue weighted by Gasteiger charge is 1.97. The maximum Gasteiger partial charge on any atom is 0.0794 e. The van der Waals surface area contributed by atoms with Crippen molar-refractivity contribution in [3.63, 3.8) is 0 Å². The number of nitrogens with two attached hydrogens (primary N) is 1. The van der Waals surface area contributed by atoms with Crippen molar-refractivity contribution in [2.24, 2.45) is 5.73 Å². The number of aromatic nitrogens is 1. The molecule has 44 valence electrons. The molecule has 1 aromatic heterocycles. The first-order valence-corrected chi connectivity index (χ1v) is 3.32. The van der Waals surface area contributed by atoms with Crippen LogP contribution in [0, 0.1) is 0 Å². The van der Waals surface area contributed by atoms with Gasteiger partial charge in [-0.3, -0.25) is 4.98 Å². The Kier molecular flexibility index (Phi) is 1.60. The van der Waals surface area contributed by atoms with Crippen LogP contribution in [0.25, 0.3) is 0 Å². The van der Waals surface area contributed by atoms with E-state index in [1.54, 1.807) is 23.0 Å². The summed E-state index contributed by atoms with van der Waals surface area (Å²) >= 11 is 1.59. The van der Waals surface area contributed by atoms with E-state index in [1.807, 2.05) is 6.92 Å². The minimum atomic E-state index is 0.141. The smallest absolute Gasteiger partial charge is 0.0794 e. The van der Waals surface area contributed by atoms with E-state index >= 15 is 0 Å². The fraction of sp³-hybridized carbons (Fsp3) is 0.400. The molecule has 2 N–H and O–H groups in total. The summed E-state index contributed by atoms with van der Waals surface area (Å²) in [5, 5.41) is 0. The van der Waals surface area contributed by atoms with Crippen molar-refractivity contribution >= 4 is 11.3 Å². The molecule has 0 aromatic carbocycles. The highest BCUT2D eigenvalue weighted by atomic mass is 32.1. The Morgan fingerprint density at radius 2 is 2.62 bits per heavy atom. The summed E-state index contributed by atoms with van der Waals surface area (Å²) in [6, 6.07) is 0.141. The second kappa shape index (κ2) is 2.24. The zero-order valence-electron chi connectivity index (χ0n) is 4.66. The van der Waals surface area contributed by atoms with E-state index < -0.39 is 0 Å². The average Bonchev–Trinajstić information content (AvgIpc) is 2.12. The number of thiazole rings is 1. The van der Waals surface area contributed by atoms with Crippen molar-refractivity contribution in [3.8, 4) is 0 Å². The summed E-state index contributed by atoms with van der Waals surface area (Å²) in [6.07, 6.45) is 1.80. The molecule has 0 spiro atoms. The quantitative estimate of drug-likeness (QED) is 0.616. The third-order valence-electron chi connectivity index (χ3n) is 0.900. The van der Waals surface area contributed by atoms with Gasteiger partial charge in [-0.2, -0.15) is 0 Å². The first-order chi connectivity index (χ1) is 3.80. The number of nitrogens with zero attached hydrogens (tertiary/aromatic N) is 1. The Balaban J connectivity index is 2.77. The predicted octanol–water partition coefficient (Wildman–Crippen LogP) is 1.16. The molecule has 1 rings (SSSR count). The van der Waals surface area contributed by atoms with Crippen molar-refractivity contribution in [1.29, 1.82) is 0 Å². The van der Waals surface area contributed by atoms with E-state index in [9.17, 15) is 0 Å². The molecule has 0 unspecified atom stereocenters. The van der Waals surface area contributed by atoms with Crippen molar-refractivity contribution in [2.75, 3.05) is 0 Å². The van der Waals surface area contributed by atoms with Crippen molar-refractivity contribution < 1.29 is 0 Å². The molecule has 0 saturated heterocycles. The average molecular weight is 128 g/mol. The molecule has 0 aliphatic rings. The van der Waals surface area contributed by atoms with Gasteiger partial charge in [0.15, 0.2) is 0 Å². The lowest BCUT2D eigenvalue weighted by atomic mass is 10.3. The summed E-state index contributed by atoms with van der Waals surface area (Å²) in [6.45, 7) is 1.95. The van der Waals surface area contributed by atoms with Gasteiger partial charge in [0.2, 0.25) is 0 Å². The molecule has 0 aliphatic heterocycles. The summed E-state index contributed by atoms with van der Waals surface area (Å²) in [4.78, 5) is 5.03. The number of hydrogen-bond donors (Lipinski definition) is 1. The van der Waals surface area contributed by atoms with Crippen LogP contribution in [-0.2, 0) is 0 Å². The molecular weight excluding hydrogens is 120 g/mol. The van der Waals surface area contributed by atoms with Crippen LogP contribution in [0.3, 0.4) is 0 Å². The lowest BCUT2D eigenvalue weighted by Gasteiger charge is -1.95. The second-order valence-corrected chi connectivity index (χ2v) is 2.61. The van der Waals surface area contributed by atoms with Crippen LogP contribution in [-0.4, -0.2) is 4.98 Å². The minimum absolute atomic E-state index is 0.141. The third kappa shape index (κ3) is 1.05. The Morgan fingerprint density at radius 1 is 1.88 bits per heavy atom. The van der Waals surface area contributed by atoms with Crippen LogP contribution in [0.1, 0.15) is 17.8 Å². The van der Waals surface area contributed by atoms with Gasteiger partial charge in [0, 0.05) is 17.1 Å². The van der Waals surface area contributed by atoms with Crippen LogP contribution >= 0.6 is 11.3 Å². The Morgan fingerprint density at radius 3 is 2.88 bits per heavy atom. The molecule has 1 atom stereocenters. The molecule has 0 amide bonds. The molecule has 0 saturated carbocycles. The Hall–Kier alpha value is -0.410. The van der Waals surface area contributed by atoms with E-state index in [4.69, 9.17) is 5.73 Å². The Bertz CT molecular complexity index is 145. The lowest BCUT2D eigenvalue weighted by Crippen LogP contribution is -2.01. The molecule has 0 bridgehead atoms. The van der Waals surface area contributed by atoms with Gasteiger partial charge in [-0.25, -0.2) is 0 Å². The third-order valence-corrected chi connectivity index (χ3v) is 1.88. The zero-order chi connectivity index (χ0) is 5.98. The van der Waals surface area contributed by atoms with Crippen molar-refractivity contribution in [1.82, 2.24) is 4.98 Å². The predicted molar refractivity (Wildman–Crippen MR) is 34.7 cm³/mol. The lowest BCUT2D eigenvalue weighted by molar-refractivity contribution is 0.835. The minimum Gasteiger partial charge on any atom is -0.323 e. The molecule has 3 heteroatoms. The molecule has 8 heavy (non-hydrogen) atoms. The van der Waals surface area contributed by atoms with Gasteiger partial charge in [-0.05, 0) is 6.92 Å². The molecule has 1 aromatic rings. The van der Waals surface area contributed by atoms with Crippen LogP contribution in [0.2, 0.25) is 0 Å². The van der Waals surface area contributed by atoms with Gasteiger partial charge in [0.25, 0.3) is 0 Å². The summed E-state index contributed by atoms with van der Waals surface area (Å²) in [5.41, 5.74) is 7.32.